The fraction of sp³-hybridized carbons (Fsp3) is 0.231. The molecule has 0 aliphatic rings. The third-order valence-corrected chi connectivity index (χ3v) is 2.37. The van der Waals surface area contributed by atoms with Crippen LogP contribution in [0.15, 0.2) is 30.6 Å². The van der Waals surface area contributed by atoms with E-state index in [0.717, 1.165) is 28.5 Å². The Balaban J connectivity index is 2.31. The quantitative estimate of drug-likeness (QED) is 0.770. The predicted octanol–water partition coefficient (Wildman–Crippen LogP) is 3.19. The van der Waals surface area contributed by atoms with Crippen LogP contribution in [0.4, 0.5) is 0 Å². The highest BCUT2D eigenvalue weighted by atomic mass is 16.5. The maximum atomic E-state index is 5.79. The summed E-state index contributed by atoms with van der Waals surface area (Å²) in [6.45, 7) is 5.88. The Morgan fingerprint density at radius 2 is 1.81 bits per heavy atom. The van der Waals surface area contributed by atoms with E-state index in [9.17, 15) is 0 Å². The molecule has 2 rings (SSSR count). The van der Waals surface area contributed by atoms with Gasteiger partial charge >= 0.3 is 0 Å². The summed E-state index contributed by atoms with van der Waals surface area (Å²) in [4.78, 5) is 8.39. The Labute approximate surface area is 95.1 Å². The Kier molecular flexibility index (Phi) is 2.86. The highest BCUT2D eigenvalue weighted by Crippen LogP contribution is 2.25. The summed E-state index contributed by atoms with van der Waals surface area (Å²) < 4.78 is 5.79. The fourth-order valence-corrected chi connectivity index (χ4v) is 1.48. The van der Waals surface area contributed by atoms with Crippen LogP contribution in [-0.4, -0.2) is 9.97 Å². The molecule has 16 heavy (non-hydrogen) atoms. The van der Waals surface area contributed by atoms with E-state index in [-0.39, 0.29) is 0 Å². The van der Waals surface area contributed by atoms with Crippen LogP contribution in [0.5, 0.6) is 11.5 Å². The highest BCUT2D eigenvalue weighted by Gasteiger charge is 2.04. The van der Waals surface area contributed by atoms with Crippen molar-refractivity contribution in [1.82, 2.24) is 9.97 Å². The third-order valence-electron chi connectivity index (χ3n) is 2.37. The van der Waals surface area contributed by atoms with Crippen molar-refractivity contribution >= 4 is 0 Å². The molecule has 0 radical (unpaired) electrons. The minimum Gasteiger partial charge on any atom is -0.455 e. The van der Waals surface area contributed by atoms with Gasteiger partial charge in [0, 0.05) is 23.7 Å². The molecular weight excluding hydrogens is 200 g/mol. The van der Waals surface area contributed by atoms with E-state index in [0.29, 0.717) is 0 Å². The molecule has 0 N–H and O–H groups in total. The van der Waals surface area contributed by atoms with Gasteiger partial charge in [0.15, 0.2) is 0 Å². The van der Waals surface area contributed by atoms with Crippen molar-refractivity contribution in [3.05, 3.63) is 47.5 Å². The van der Waals surface area contributed by atoms with Gasteiger partial charge in [-0.15, -0.1) is 0 Å². The lowest BCUT2D eigenvalue weighted by Crippen LogP contribution is -1.93. The maximum absolute atomic E-state index is 5.79. The second-order valence-electron chi connectivity index (χ2n) is 3.78. The first-order valence-electron chi connectivity index (χ1n) is 5.19. The molecule has 0 bridgehead atoms. The van der Waals surface area contributed by atoms with Crippen molar-refractivity contribution in [3.63, 3.8) is 0 Å². The second-order valence-corrected chi connectivity index (χ2v) is 3.78. The number of aromatic nitrogens is 2. The number of hydrogen-bond donors (Lipinski definition) is 0. The molecule has 2 aromatic heterocycles. The van der Waals surface area contributed by atoms with Gasteiger partial charge in [-0.05, 0) is 39.0 Å². The van der Waals surface area contributed by atoms with Gasteiger partial charge in [-0.1, -0.05) is 0 Å². The molecular formula is C13H14N2O. The first kappa shape index (κ1) is 10.6. The van der Waals surface area contributed by atoms with E-state index in [1.807, 2.05) is 39.0 Å². The molecule has 0 saturated carbocycles. The molecule has 2 heterocycles. The Hall–Kier alpha value is -1.90. The SMILES string of the molecule is Cc1ccc(Oc2ccncc2C)c(C)n1. The van der Waals surface area contributed by atoms with Gasteiger partial charge in [-0.2, -0.15) is 0 Å². The Morgan fingerprint density at radius 3 is 2.50 bits per heavy atom. The summed E-state index contributed by atoms with van der Waals surface area (Å²) in [6.07, 6.45) is 3.51. The van der Waals surface area contributed by atoms with E-state index in [4.69, 9.17) is 4.74 Å². The summed E-state index contributed by atoms with van der Waals surface area (Å²) in [7, 11) is 0. The van der Waals surface area contributed by atoms with Gasteiger partial charge in [-0.3, -0.25) is 9.97 Å². The van der Waals surface area contributed by atoms with Crippen LogP contribution in [0.25, 0.3) is 0 Å². The van der Waals surface area contributed by atoms with E-state index in [1.54, 1.807) is 12.4 Å². The Morgan fingerprint density at radius 1 is 1.00 bits per heavy atom. The second kappa shape index (κ2) is 4.31. The molecule has 82 valence electrons. The minimum absolute atomic E-state index is 0.792. The first-order chi connectivity index (χ1) is 7.66. The minimum atomic E-state index is 0.792. The lowest BCUT2D eigenvalue weighted by atomic mass is 10.2. The summed E-state index contributed by atoms with van der Waals surface area (Å²) in [6, 6.07) is 5.74. The number of pyridine rings is 2. The molecule has 0 atom stereocenters. The molecule has 0 spiro atoms. The molecule has 0 amide bonds. The molecule has 2 aromatic rings. The number of nitrogens with zero attached hydrogens (tertiary/aromatic N) is 2. The smallest absolute Gasteiger partial charge is 0.148 e. The van der Waals surface area contributed by atoms with Crippen LogP contribution in [0, 0.1) is 20.8 Å². The number of aryl methyl sites for hydroxylation is 3. The average molecular weight is 214 g/mol. The van der Waals surface area contributed by atoms with E-state index < -0.39 is 0 Å². The normalized spacial score (nSPS) is 10.2. The predicted molar refractivity (Wildman–Crippen MR) is 62.8 cm³/mol. The van der Waals surface area contributed by atoms with Gasteiger partial charge in [0.2, 0.25) is 0 Å². The molecule has 0 aliphatic carbocycles. The number of ether oxygens (including phenoxy) is 1. The van der Waals surface area contributed by atoms with Crippen LogP contribution in [0.3, 0.4) is 0 Å². The van der Waals surface area contributed by atoms with Crippen LogP contribution in [-0.2, 0) is 0 Å². The van der Waals surface area contributed by atoms with Crippen molar-refractivity contribution in [2.75, 3.05) is 0 Å². The summed E-state index contributed by atoms with van der Waals surface area (Å²) in [5.41, 5.74) is 2.91. The third kappa shape index (κ3) is 2.19. The average Bonchev–Trinajstić information content (AvgIpc) is 2.25. The molecule has 3 nitrogen and oxygen atoms in total. The van der Waals surface area contributed by atoms with Crippen molar-refractivity contribution in [3.8, 4) is 11.5 Å². The maximum Gasteiger partial charge on any atom is 0.148 e. The highest BCUT2D eigenvalue weighted by molar-refractivity contribution is 5.37. The lowest BCUT2D eigenvalue weighted by molar-refractivity contribution is 0.471. The standard InChI is InChI=1S/C13H14N2O/c1-9-8-14-7-6-12(9)16-13-5-4-10(2)15-11(13)3/h4-8H,1-3H3. The zero-order valence-electron chi connectivity index (χ0n) is 9.69. The monoisotopic (exact) mass is 214 g/mol. The van der Waals surface area contributed by atoms with Crippen molar-refractivity contribution in [1.29, 1.82) is 0 Å². The topological polar surface area (TPSA) is 35.0 Å². The van der Waals surface area contributed by atoms with Crippen molar-refractivity contribution in [2.24, 2.45) is 0 Å². The molecule has 0 fully saturated rings. The van der Waals surface area contributed by atoms with Crippen LogP contribution in [0.1, 0.15) is 17.0 Å². The summed E-state index contributed by atoms with van der Waals surface area (Å²) >= 11 is 0. The molecule has 0 aromatic carbocycles. The van der Waals surface area contributed by atoms with E-state index in [1.165, 1.54) is 0 Å². The van der Waals surface area contributed by atoms with Crippen LogP contribution < -0.4 is 4.74 Å². The van der Waals surface area contributed by atoms with E-state index >= 15 is 0 Å². The van der Waals surface area contributed by atoms with Gasteiger partial charge in [0.25, 0.3) is 0 Å². The van der Waals surface area contributed by atoms with Crippen LogP contribution >= 0.6 is 0 Å². The summed E-state index contributed by atoms with van der Waals surface area (Å²) in [5.74, 6) is 1.61. The van der Waals surface area contributed by atoms with Gasteiger partial charge in [-0.25, -0.2) is 0 Å². The van der Waals surface area contributed by atoms with Crippen molar-refractivity contribution < 1.29 is 4.74 Å². The van der Waals surface area contributed by atoms with Gasteiger partial charge in [0.1, 0.15) is 11.5 Å². The number of hydrogen-bond acceptors (Lipinski definition) is 3. The molecule has 0 saturated heterocycles. The van der Waals surface area contributed by atoms with Gasteiger partial charge in [0.05, 0.1) is 5.69 Å². The summed E-state index contributed by atoms with van der Waals surface area (Å²) in [5, 5.41) is 0. The van der Waals surface area contributed by atoms with Gasteiger partial charge < -0.3 is 4.74 Å². The number of rotatable bonds is 2. The molecule has 0 unspecified atom stereocenters. The zero-order chi connectivity index (χ0) is 11.5. The largest absolute Gasteiger partial charge is 0.455 e. The molecule has 0 aliphatic heterocycles. The lowest BCUT2D eigenvalue weighted by Gasteiger charge is -2.10. The fourth-order valence-electron chi connectivity index (χ4n) is 1.48. The Bertz CT molecular complexity index is 509. The van der Waals surface area contributed by atoms with Crippen LogP contribution in [0.2, 0.25) is 0 Å². The molecule has 3 heteroatoms. The zero-order valence-corrected chi connectivity index (χ0v) is 9.69. The van der Waals surface area contributed by atoms with Crippen molar-refractivity contribution in [2.45, 2.75) is 20.8 Å². The van der Waals surface area contributed by atoms with E-state index in [2.05, 4.69) is 9.97 Å². The first-order valence-corrected chi connectivity index (χ1v) is 5.19.